The Morgan fingerprint density at radius 1 is 1.23 bits per heavy atom. The summed E-state index contributed by atoms with van der Waals surface area (Å²) in [6, 6.07) is 8.93. The lowest BCUT2D eigenvalue weighted by molar-refractivity contribution is -0.142. The Bertz CT molecular complexity index is 456. The molecule has 122 valence electrons. The minimum Gasteiger partial charge on any atom is -0.468 e. The van der Waals surface area contributed by atoms with E-state index in [1.807, 2.05) is 30.3 Å². The van der Waals surface area contributed by atoms with Crippen LogP contribution in [0.15, 0.2) is 30.3 Å². The number of hydrogen-bond acceptors (Lipinski definition) is 5. The minimum absolute atomic E-state index is 0.243. The molecule has 0 aliphatic rings. The van der Waals surface area contributed by atoms with Gasteiger partial charge in [0.05, 0.1) is 7.11 Å². The van der Waals surface area contributed by atoms with Crippen LogP contribution in [0, 0.1) is 0 Å². The zero-order chi connectivity index (χ0) is 16.2. The van der Waals surface area contributed by atoms with Gasteiger partial charge in [-0.1, -0.05) is 30.3 Å². The van der Waals surface area contributed by atoms with Gasteiger partial charge in [0.15, 0.2) is 0 Å². The van der Waals surface area contributed by atoms with Crippen molar-refractivity contribution in [1.82, 2.24) is 10.2 Å². The summed E-state index contributed by atoms with van der Waals surface area (Å²) in [6.45, 7) is 0.719. The van der Waals surface area contributed by atoms with Crippen LogP contribution >= 0.6 is 11.8 Å². The van der Waals surface area contributed by atoms with Gasteiger partial charge in [-0.3, -0.25) is 4.79 Å². The van der Waals surface area contributed by atoms with E-state index >= 15 is 0 Å². The average molecular weight is 329 g/mol. The van der Waals surface area contributed by atoms with Crippen molar-refractivity contribution in [3.8, 4) is 0 Å². The molecule has 7 heteroatoms. The lowest BCUT2D eigenvalue weighted by atomic mass is 10.1. The second-order valence-electron chi connectivity index (χ2n) is 4.67. The first-order valence-electron chi connectivity index (χ1n) is 7.06. The predicted molar refractivity (Wildman–Crippen MR) is 83.3 cm³/mol. The van der Waals surface area contributed by atoms with Crippen LogP contribution in [0.25, 0.3) is 0 Å². The normalized spacial score (nSPS) is 11.5. The molecule has 0 heterocycles. The van der Waals surface area contributed by atoms with Gasteiger partial charge in [0, 0.05) is 6.54 Å². The van der Waals surface area contributed by atoms with Gasteiger partial charge in [0.1, 0.15) is 12.6 Å². The van der Waals surface area contributed by atoms with Crippen molar-refractivity contribution in [2.45, 2.75) is 31.9 Å². The smallest absolute Gasteiger partial charge is 0.407 e. The van der Waals surface area contributed by atoms with Crippen LogP contribution < -0.4 is 10.2 Å². The van der Waals surface area contributed by atoms with E-state index < -0.39 is 18.1 Å². The predicted octanol–water partition coefficient (Wildman–Crippen LogP) is 2.37. The van der Waals surface area contributed by atoms with E-state index in [2.05, 4.69) is 14.9 Å². The van der Waals surface area contributed by atoms with Crippen molar-refractivity contribution >= 4 is 23.8 Å². The quantitative estimate of drug-likeness (QED) is 0.413. The summed E-state index contributed by atoms with van der Waals surface area (Å²) in [5, 5.41) is 2.66. The number of alkyl carbamates (subject to hydrolysis) is 1. The lowest BCUT2D eigenvalue weighted by Gasteiger charge is -2.12. The molecule has 0 aromatic heterocycles. The fourth-order valence-corrected chi connectivity index (χ4v) is 2.00. The zero-order valence-corrected chi connectivity index (χ0v) is 13.3. The minimum atomic E-state index is -0.531. The van der Waals surface area contributed by atoms with E-state index in [0.29, 0.717) is 19.4 Å². The number of nitrogens with one attached hydrogen (secondary N) is 2. The monoisotopic (exact) mass is 328 g/mol. The molecule has 0 saturated heterocycles. The summed E-state index contributed by atoms with van der Waals surface area (Å²) in [5.41, 5.74) is 0.937. The van der Waals surface area contributed by atoms with Crippen LogP contribution in [-0.4, -0.2) is 31.8 Å². The number of halogens is 1. The van der Waals surface area contributed by atoms with E-state index in [0.717, 1.165) is 12.0 Å². The average Bonchev–Trinajstić information content (AvgIpc) is 2.56. The molecule has 1 amide bonds. The fourth-order valence-electron chi connectivity index (χ4n) is 1.80. The maximum atomic E-state index is 11.5. The Morgan fingerprint density at radius 2 is 1.95 bits per heavy atom. The summed E-state index contributed by atoms with van der Waals surface area (Å²) in [6.07, 6.45) is 1.52. The number of amides is 1. The third kappa shape index (κ3) is 7.28. The Balaban J connectivity index is 2.09. The number of methoxy groups -OCH3 is 1. The van der Waals surface area contributed by atoms with Gasteiger partial charge in [-0.2, -0.15) is 0 Å². The highest BCUT2D eigenvalue weighted by Crippen LogP contribution is 2.04. The SMILES string of the molecule is COC(=O)[C@@H](CCCCNC(=O)OCc1ccccc1)NCl. The number of rotatable bonds is 9. The van der Waals surface area contributed by atoms with Crippen LogP contribution in [0.1, 0.15) is 24.8 Å². The second-order valence-corrected chi connectivity index (χ2v) is 4.89. The Labute approximate surface area is 135 Å². The van der Waals surface area contributed by atoms with E-state index in [1.165, 1.54) is 7.11 Å². The van der Waals surface area contributed by atoms with Gasteiger partial charge in [-0.05, 0) is 36.6 Å². The van der Waals surface area contributed by atoms with Crippen LogP contribution in [0.4, 0.5) is 4.79 Å². The maximum Gasteiger partial charge on any atom is 0.407 e. The maximum absolute atomic E-state index is 11.5. The molecule has 0 bridgehead atoms. The van der Waals surface area contributed by atoms with E-state index in [1.54, 1.807) is 0 Å². The van der Waals surface area contributed by atoms with Crippen LogP contribution in [0.5, 0.6) is 0 Å². The second kappa shape index (κ2) is 10.9. The highest BCUT2D eigenvalue weighted by molar-refractivity contribution is 6.14. The highest BCUT2D eigenvalue weighted by Gasteiger charge is 2.16. The van der Waals surface area contributed by atoms with Crippen molar-refractivity contribution in [3.05, 3.63) is 35.9 Å². The molecule has 1 atom stereocenters. The lowest BCUT2D eigenvalue weighted by Crippen LogP contribution is -2.32. The number of unbranched alkanes of at least 4 members (excludes halogenated alkanes) is 1. The Kier molecular flexibility index (Phi) is 9.02. The summed E-state index contributed by atoms with van der Waals surface area (Å²) < 4.78 is 9.67. The molecule has 0 radical (unpaired) electrons. The molecular formula is C15H21ClN2O4. The van der Waals surface area contributed by atoms with Gasteiger partial charge in [0.2, 0.25) is 0 Å². The largest absolute Gasteiger partial charge is 0.468 e. The van der Waals surface area contributed by atoms with Gasteiger partial charge < -0.3 is 14.8 Å². The summed E-state index contributed by atoms with van der Waals surface area (Å²) >= 11 is 5.46. The number of carbonyl (C=O) groups excluding carboxylic acids is 2. The summed E-state index contributed by atoms with van der Waals surface area (Å²) in [4.78, 5) is 25.1. The third-order valence-corrected chi connectivity index (χ3v) is 3.28. The molecule has 0 aliphatic heterocycles. The van der Waals surface area contributed by atoms with Gasteiger partial charge in [0.25, 0.3) is 0 Å². The molecule has 0 fully saturated rings. The molecule has 0 saturated carbocycles. The molecule has 22 heavy (non-hydrogen) atoms. The summed E-state index contributed by atoms with van der Waals surface area (Å²) in [5.74, 6) is -0.398. The van der Waals surface area contributed by atoms with Gasteiger partial charge in [-0.25, -0.2) is 9.63 Å². The first-order chi connectivity index (χ1) is 10.7. The Morgan fingerprint density at radius 3 is 2.59 bits per heavy atom. The zero-order valence-electron chi connectivity index (χ0n) is 12.5. The van der Waals surface area contributed by atoms with Crippen LogP contribution in [-0.2, 0) is 20.9 Å². The van der Waals surface area contributed by atoms with Crippen molar-refractivity contribution in [2.24, 2.45) is 0 Å². The molecule has 1 rings (SSSR count). The van der Waals surface area contributed by atoms with Crippen LogP contribution in [0.3, 0.4) is 0 Å². The fraction of sp³-hybridized carbons (Fsp3) is 0.467. The standard InChI is InChI=1S/C15H21ClN2O4/c1-21-14(19)13(18-16)9-5-6-10-17-15(20)22-11-12-7-3-2-4-8-12/h2-4,7-8,13,18H,5-6,9-11H2,1H3,(H,17,20)/t13-/m1/s1. The summed E-state index contributed by atoms with van der Waals surface area (Å²) in [7, 11) is 1.31. The van der Waals surface area contributed by atoms with Crippen molar-refractivity contribution in [3.63, 3.8) is 0 Å². The van der Waals surface area contributed by atoms with Crippen LogP contribution in [0.2, 0.25) is 0 Å². The molecule has 2 N–H and O–H groups in total. The van der Waals surface area contributed by atoms with Gasteiger partial charge >= 0.3 is 12.1 Å². The number of hydrogen-bond donors (Lipinski definition) is 2. The first-order valence-corrected chi connectivity index (χ1v) is 7.43. The third-order valence-electron chi connectivity index (χ3n) is 3.02. The Hall–Kier alpha value is -1.79. The highest BCUT2D eigenvalue weighted by atomic mass is 35.5. The van der Waals surface area contributed by atoms with Crippen molar-refractivity contribution in [1.29, 1.82) is 0 Å². The number of esters is 1. The van der Waals surface area contributed by atoms with Gasteiger partial charge in [-0.15, -0.1) is 0 Å². The van der Waals surface area contributed by atoms with Crippen molar-refractivity contribution < 1.29 is 19.1 Å². The van der Waals surface area contributed by atoms with Crippen molar-refractivity contribution in [2.75, 3.05) is 13.7 Å². The molecule has 0 unspecified atom stereocenters. The van der Waals surface area contributed by atoms with E-state index in [9.17, 15) is 9.59 Å². The number of benzene rings is 1. The molecular weight excluding hydrogens is 308 g/mol. The molecule has 6 nitrogen and oxygen atoms in total. The molecule has 1 aromatic rings. The molecule has 0 spiro atoms. The topological polar surface area (TPSA) is 76.7 Å². The number of carbonyl (C=O) groups is 2. The molecule has 1 aromatic carbocycles. The van der Waals surface area contributed by atoms with E-state index in [-0.39, 0.29) is 6.61 Å². The number of ether oxygens (including phenoxy) is 2. The first kappa shape index (κ1) is 18.3. The molecule has 0 aliphatic carbocycles. The van der Waals surface area contributed by atoms with E-state index in [4.69, 9.17) is 16.5 Å².